The Kier molecular flexibility index (Phi) is 5.58. The van der Waals surface area contributed by atoms with E-state index >= 15 is 0 Å². The first-order valence-electron chi connectivity index (χ1n) is 5.60. The van der Waals surface area contributed by atoms with Crippen LogP contribution in [0.4, 0.5) is 0 Å². The Hall–Kier alpha value is -0.590. The van der Waals surface area contributed by atoms with Crippen LogP contribution in [0.3, 0.4) is 0 Å². The van der Waals surface area contributed by atoms with Crippen LogP contribution >= 0.6 is 0 Å². The molecule has 0 bridgehead atoms. The number of aliphatic hydroxyl groups is 1. The van der Waals surface area contributed by atoms with Crippen molar-refractivity contribution >= 4 is 0 Å². The highest BCUT2D eigenvalue weighted by Crippen LogP contribution is 2.23. The molecule has 0 amide bonds. The molecule has 0 saturated heterocycles. The van der Waals surface area contributed by atoms with Gasteiger partial charge in [-0.15, -0.1) is 0 Å². The summed E-state index contributed by atoms with van der Waals surface area (Å²) in [5, 5.41) is 17.4. The highest BCUT2D eigenvalue weighted by atomic mass is 16.3. The van der Waals surface area contributed by atoms with Gasteiger partial charge in [0.1, 0.15) is 0 Å². The van der Waals surface area contributed by atoms with Crippen molar-refractivity contribution in [1.82, 2.24) is 4.90 Å². The van der Waals surface area contributed by atoms with Crippen molar-refractivity contribution in [1.29, 1.82) is 5.26 Å². The summed E-state index contributed by atoms with van der Waals surface area (Å²) in [5.41, 5.74) is 0. The number of nitriles is 1. The molecule has 14 heavy (non-hydrogen) atoms. The summed E-state index contributed by atoms with van der Waals surface area (Å²) in [4.78, 5) is 2.35. The molecule has 1 aliphatic rings. The Morgan fingerprint density at radius 3 is 2.57 bits per heavy atom. The molecule has 3 nitrogen and oxygen atoms in total. The van der Waals surface area contributed by atoms with Crippen molar-refractivity contribution in [2.24, 2.45) is 0 Å². The third kappa shape index (κ3) is 3.65. The number of rotatable bonds is 6. The van der Waals surface area contributed by atoms with Crippen molar-refractivity contribution in [3.63, 3.8) is 0 Å². The van der Waals surface area contributed by atoms with Crippen LogP contribution < -0.4 is 0 Å². The first-order chi connectivity index (χ1) is 6.88. The Balaban J connectivity index is 2.26. The SMILES string of the molecule is N#CCCCN(CCO)C1CCCC1. The highest BCUT2D eigenvalue weighted by Gasteiger charge is 2.21. The lowest BCUT2D eigenvalue weighted by atomic mass is 10.2. The van der Waals surface area contributed by atoms with Gasteiger partial charge in [-0.25, -0.2) is 0 Å². The molecule has 0 aromatic rings. The Morgan fingerprint density at radius 2 is 2.00 bits per heavy atom. The minimum absolute atomic E-state index is 0.239. The first-order valence-corrected chi connectivity index (χ1v) is 5.60. The van der Waals surface area contributed by atoms with Crippen LogP contribution in [0.15, 0.2) is 0 Å². The summed E-state index contributed by atoms with van der Waals surface area (Å²) in [6.07, 6.45) is 6.76. The maximum absolute atomic E-state index is 8.95. The van der Waals surface area contributed by atoms with E-state index in [0.29, 0.717) is 12.5 Å². The summed E-state index contributed by atoms with van der Waals surface area (Å²) < 4.78 is 0. The lowest BCUT2D eigenvalue weighted by molar-refractivity contribution is 0.150. The van der Waals surface area contributed by atoms with E-state index in [2.05, 4.69) is 11.0 Å². The van der Waals surface area contributed by atoms with Crippen LogP contribution in [-0.2, 0) is 0 Å². The number of nitrogens with zero attached hydrogens (tertiary/aromatic N) is 2. The standard InChI is InChI=1S/C11H20N2O/c12-7-3-4-8-13(9-10-14)11-5-1-2-6-11/h11,14H,1-6,8-10H2. The maximum Gasteiger partial charge on any atom is 0.0622 e. The quantitative estimate of drug-likeness (QED) is 0.655. The zero-order valence-corrected chi connectivity index (χ0v) is 8.78. The van der Waals surface area contributed by atoms with Gasteiger partial charge in [0.05, 0.1) is 12.7 Å². The third-order valence-corrected chi connectivity index (χ3v) is 2.96. The normalized spacial score (nSPS) is 17.5. The van der Waals surface area contributed by atoms with Crippen LogP contribution in [0.2, 0.25) is 0 Å². The number of hydrogen-bond acceptors (Lipinski definition) is 3. The molecule has 0 atom stereocenters. The average molecular weight is 196 g/mol. The van der Waals surface area contributed by atoms with Crippen LogP contribution in [0, 0.1) is 11.3 Å². The van der Waals surface area contributed by atoms with Crippen molar-refractivity contribution in [3.8, 4) is 6.07 Å². The fourth-order valence-electron chi connectivity index (χ4n) is 2.24. The predicted molar refractivity (Wildman–Crippen MR) is 55.8 cm³/mol. The van der Waals surface area contributed by atoms with Crippen LogP contribution in [-0.4, -0.2) is 35.7 Å². The van der Waals surface area contributed by atoms with Gasteiger partial charge in [0.2, 0.25) is 0 Å². The second-order valence-electron chi connectivity index (χ2n) is 3.96. The second kappa shape index (κ2) is 6.80. The molecule has 0 aliphatic heterocycles. The molecule has 0 aromatic heterocycles. The van der Waals surface area contributed by atoms with E-state index in [-0.39, 0.29) is 6.61 Å². The van der Waals surface area contributed by atoms with Gasteiger partial charge in [-0.1, -0.05) is 12.8 Å². The minimum atomic E-state index is 0.239. The molecular weight excluding hydrogens is 176 g/mol. The Morgan fingerprint density at radius 1 is 1.29 bits per heavy atom. The van der Waals surface area contributed by atoms with Crippen LogP contribution in [0.25, 0.3) is 0 Å². The molecule has 80 valence electrons. The Bertz CT molecular complexity index is 182. The fourth-order valence-corrected chi connectivity index (χ4v) is 2.24. The zero-order valence-electron chi connectivity index (χ0n) is 8.78. The highest BCUT2D eigenvalue weighted by molar-refractivity contribution is 4.78. The smallest absolute Gasteiger partial charge is 0.0622 e. The summed E-state index contributed by atoms with van der Waals surface area (Å²) in [6, 6.07) is 2.83. The van der Waals surface area contributed by atoms with Crippen LogP contribution in [0.1, 0.15) is 38.5 Å². The third-order valence-electron chi connectivity index (χ3n) is 2.96. The maximum atomic E-state index is 8.95. The van der Waals surface area contributed by atoms with Gasteiger partial charge >= 0.3 is 0 Å². The van der Waals surface area contributed by atoms with Crippen molar-refractivity contribution < 1.29 is 5.11 Å². The molecule has 0 aromatic carbocycles. The Labute approximate surface area is 86.3 Å². The molecule has 0 unspecified atom stereocenters. The van der Waals surface area contributed by atoms with E-state index in [1.54, 1.807) is 0 Å². The first kappa shape index (κ1) is 11.5. The van der Waals surface area contributed by atoms with Crippen molar-refractivity contribution in [2.75, 3.05) is 19.7 Å². The lowest BCUT2D eigenvalue weighted by Crippen LogP contribution is -2.36. The fraction of sp³-hybridized carbons (Fsp3) is 0.909. The van der Waals surface area contributed by atoms with Crippen molar-refractivity contribution in [3.05, 3.63) is 0 Å². The van der Waals surface area contributed by atoms with Gasteiger partial charge in [-0.2, -0.15) is 5.26 Å². The van der Waals surface area contributed by atoms with E-state index < -0.39 is 0 Å². The summed E-state index contributed by atoms with van der Waals surface area (Å²) in [6.45, 7) is 1.98. The molecule has 1 rings (SSSR count). The van der Waals surface area contributed by atoms with Gasteiger partial charge in [-0.05, 0) is 25.8 Å². The molecule has 1 N–H and O–H groups in total. The summed E-state index contributed by atoms with van der Waals surface area (Å²) in [5.74, 6) is 0. The number of aliphatic hydroxyl groups excluding tert-OH is 1. The lowest BCUT2D eigenvalue weighted by Gasteiger charge is -2.27. The molecule has 0 spiro atoms. The molecule has 0 radical (unpaired) electrons. The zero-order chi connectivity index (χ0) is 10.2. The molecule has 1 fully saturated rings. The van der Waals surface area contributed by atoms with Gasteiger partial charge < -0.3 is 5.11 Å². The second-order valence-corrected chi connectivity index (χ2v) is 3.96. The topological polar surface area (TPSA) is 47.3 Å². The van der Waals surface area contributed by atoms with Gasteiger partial charge in [0.15, 0.2) is 0 Å². The minimum Gasteiger partial charge on any atom is -0.395 e. The average Bonchev–Trinajstić information content (AvgIpc) is 2.70. The molecule has 1 aliphatic carbocycles. The number of unbranched alkanes of at least 4 members (excludes halogenated alkanes) is 1. The predicted octanol–water partition coefficient (Wildman–Crippen LogP) is 1.53. The van der Waals surface area contributed by atoms with E-state index in [0.717, 1.165) is 19.5 Å². The largest absolute Gasteiger partial charge is 0.395 e. The van der Waals surface area contributed by atoms with Crippen molar-refractivity contribution in [2.45, 2.75) is 44.6 Å². The van der Waals surface area contributed by atoms with E-state index in [4.69, 9.17) is 10.4 Å². The molecular formula is C11H20N2O. The molecule has 0 heterocycles. The van der Waals surface area contributed by atoms with E-state index in [1.165, 1.54) is 25.7 Å². The molecule has 1 saturated carbocycles. The van der Waals surface area contributed by atoms with E-state index in [1.807, 2.05) is 0 Å². The molecule has 3 heteroatoms. The summed E-state index contributed by atoms with van der Waals surface area (Å²) >= 11 is 0. The van der Waals surface area contributed by atoms with Gasteiger partial charge in [0.25, 0.3) is 0 Å². The van der Waals surface area contributed by atoms with E-state index in [9.17, 15) is 0 Å². The monoisotopic (exact) mass is 196 g/mol. The van der Waals surface area contributed by atoms with Crippen LogP contribution in [0.5, 0.6) is 0 Å². The summed E-state index contributed by atoms with van der Waals surface area (Å²) in [7, 11) is 0. The number of hydrogen-bond donors (Lipinski definition) is 1. The van der Waals surface area contributed by atoms with Gasteiger partial charge in [0, 0.05) is 19.0 Å². The van der Waals surface area contributed by atoms with Gasteiger partial charge in [-0.3, -0.25) is 4.90 Å².